The van der Waals surface area contributed by atoms with Crippen LogP contribution in [0.1, 0.15) is 75.6 Å². The fourth-order valence-electron chi connectivity index (χ4n) is 11.0. The van der Waals surface area contributed by atoms with Gasteiger partial charge in [0.1, 0.15) is 35.4 Å². The van der Waals surface area contributed by atoms with Gasteiger partial charge < -0.3 is 49.1 Å². The highest BCUT2D eigenvalue weighted by atomic mass is 16.5. The average Bonchev–Trinajstić information content (AvgIpc) is 4.24. The molecule has 7 aliphatic rings. The van der Waals surface area contributed by atoms with E-state index in [-0.39, 0.29) is 35.9 Å². The molecular weight excluding hydrogens is 937 g/mol. The van der Waals surface area contributed by atoms with Gasteiger partial charge in [0, 0.05) is 113 Å². The molecule has 6 aromatic rings. The highest BCUT2D eigenvalue weighted by Crippen LogP contribution is 2.43. The van der Waals surface area contributed by atoms with Gasteiger partial charge in [-0.05, 0) is 75.9 Å². The standard InChI is InChI=1S/C29H33N7O3.C26H29N7O2/c1-18(21-11-27(37)31-14-21)39-29-28-25(32-17-36(28)22-3-4-22)12-24(33-29)19-2-5-26(20(10-19)13-30)35-8-6-34(7-9-35)23-15-38-16-23;1-16(19-11-24(34)29-14-19)35-26-25-22(30-15-33(25)20-3-4-20)12-21(31-26)17-2-5-23(18(10-17)13-27)32-8-6-28-7-9-32/h2,5,10,12,17-18,21-23H,3-4,6-9,11,14-16H2,1H3,(H,31,37);2,5,10,12,15-16,19-20,28H,3-4,6-9,11,14H2,1H3,(H,29,34)/t18-,21-;16-,19-/m11/s1. The van der Waals surface area contributed by atoms with Crippen molar-refractivity contribution in [3.05, 3.63) is 72.3 Å². The fraction of sp³-hybridized carbons (Fsp3) is 0.491. The van der Waals surface area contributed by atoms with E-state index in [0.29, 0.717) is 66.9 Å². The molecule has 13 rings (SSSR count). The van der Waals surface area contributed by atoms with E-state index >= 15 is 0 Å². The van der Waals surface area contributed by atoms with Crippen LogP contribution >= 0.6 is 0 Å². The molecule has 0 bridgehead atoms. The predicted molar refractivity (Wildman–Crippen MR) is 278 cm³/mol. The van der Waals surface area contributed by atoms with Gasteiger partial charge in [-0.15, -0.1) is 0 Å². The summed E-state index contributed by atoms with van der Waals surface area (Å²) in [5.74, 6) is 1.40. The summed E-state index contributed by atoms with van der Waals surface area (Å²) in [4.78, 5) is 49.9. The lowest BCUT2D eigenvalue weighted by Crippen LogP contribution is -2.56. The molecule has 7 fully saturated rings. The Morgan fingerprint density at radius 1 is 0.635 bits per heavy atom. The molecule has 382 valence electrons. The molecule has 3 N–H and O–H groups in total. The van der Waals surface area contributed by atoms with Crippen LogP contribution in [0.3, 0.4) is 0 Å². The number of amides is 2. The number of carbonyl (C=O) groups excluding carboxylic acids is 2. The average molecular weight is 999 g/mol. The van der Waals surface area contributed by atoms with E-state index in [1.807, 2.05) is 75.0 Å². The summed E-state index contributed by atoms with van der Waals surface area (Å²) in [6.45, 7) is 14.2. The van der Waals surface area contributed by atoms with Crippen LogP contribution in [-0.2, 0) is 14.3 Å². The van der Waals surface area contributed by atoms with Gasteiger partial charge in [0.25, 0.3) is 0 Å². The van der Waals surface area contributed by atoms with Crippen LogP contribution < -0.4 is 35.2 Å². The number of nitrogens with zero attached hydrogens (tertiary/aromatic N) is 11. The number of fused-ring (bicyclic) bond motifs is 2. The van der Waals surface area contributed by atoms with Crippen molar-refractivity contribution >= 4 is 45.3 Å². The third-order valence-electron chi connectivity index (χ3n) is 15.9. The van der Waals surface area contributed by atoms with Crippen LogP contribution in [0, 0.1) is 34.5 Å². The van der Waals surface area contributed by atoms with Gasteiger partial charge in [-0.3, -0.25) is 14.5 Å². The zero-order valence-electron chi connectivity index (χ0n) is 42.0. The molecule has 74 heavy (non-hydrogen) atoms. The number of aromatic nitrogens is 6. The third kappa shape index (κ3) is 9.67. The molecule has 5 saturated heterocycles. The van der Waals surface area contributed by atoms with Crippen LogP contribution in [-0.4, -0.2) is 143 Å². The zero-order valence-corrected chi connectivity index (χ0v) is 42.0. The Balaban J connectivity index is 0.000000151. The summed E-state index contributed by atoms with van der Waals surface area (Å²) in [6.07, 6.45) is 8.83. The van der Waals surface area contributed by atoms with Crippen molar-refractivity contribution in [1.29, 1.82) is 10.5 Å². The number of rotatable bonds is 13. The molecule has 0 unspecified atom stereocenters. The lowest BCUT2D eigenvalue weighted by Gasteiger charge is -2.43. The molecule has 19 nitrogen and oxygen atoms in total. The van der Waals surface area contributed by atoms with E-state index < -0.39 is 0 Å². The molecule has 2 aliphatic carbocycles. The number of hydrogen-bond acceptors (Lipinski definition) is 15. The first-order valence-corrected chi connectivity index (χ1v) is 26.4. The first kappa shape index (κ1) is 47.7. The number of anilines is 2. The maximum absolute atomic E-state index is 11.8. The van der Waals surface area contributed by atoms with Crippen molar-refractivity contribution in [2.75, 3.05) is 88.5 Å². The van der Waals surface area contributed by atoms with Crippen LogP contribution in [0.15, 0.2) is 61.2 Å². The molecule has 2 aromatic carbocycles. The number of carbonyl (C=O) groups is 2. The quantitative estimate of drug-likeness (QED) is 0.133. The van der Waals surface area contributed by atoms with E-state index in [9.17, 15) is 20.1 Å². The van der Waals surface area contributed by atoms with Gasteiger partial charge >= 0.3 is 0 Å². The summed E-state index contributed by atoms with van der Waals surface area (Å²) < 4.78 is 22.6. The maximum atomic E-state index is 11.8. The molecule has 2 saturated carbocycles. The molecule has 0 spiro atoms. The molecule has 2 amide bonds. The summed E-state index contributed by atoms with van der Waals surface area (Å²) in [6, 6.07) is 22.1. The van der Waals surface area contributed by atoms with Crippen molar-refractivity contribution in [3.63, 3.8) is 0 Å². The molecule has 5 aliphatic heterocycles. The largest absolute Gasteiger partial charge is 0.473 e. The minimum absolute atomic E-state index is 0.0629. The molecule has 4 aromatic heterocycles. The second-order valence-corrected chi connectivity index (χ2v) is 20.9. The van der Waals surface area contributed by atoms with Crippen molar-refractivity contribution < 1.29 is 23.8 Å². The summed E-state index contributed by atoms with van der Waals surface area (Å²) in [5.41, 5.74) is 9.84. The van der Waals surface area contributed by atoms with Crippen LogP contribution in [0.2, 0.25) is 0 Å². The fourth-order valence-corrected chi connectivity index (χ4v) is 11.0. The van der Waals surface area contributed by atoms with Crippen molar-refractivity contribution in [1.82, 2.24) is 49.9 Å². The SMILES string of the molecule is C[C@@H](Oc1nc(-c2ccc(N3CCN(C4COC4)CC3)c(C#N)c2)cc2ncn(C3CC3)c12)[C@H]1CNC(=O)C1.C[C@@H](Oc1nc(-c2ccc(N3CCNCC3)c(C#N)c2)cc2ncn(C3CC3)c12)[C@H]1CNC(=O)C1. The topological polar surface area (TPSA) is 217 Å². The van der Waals surface area contributed by atoms with Gasteiger partial charge in [-0.1, -0.05) is 12.1 Å². The molecule has 4 atom stereocenters. The maximum Gasteiger partial charge on any atom is 0.241 e. The number of benzene rings is 2. The number of imidazole rings is 2. The molecule has 0 radical (unpaired) electrons. The van der Waals surface area contributed by atoms with E-state index in [2.05, 4.69) is 56.9 Å². The third-order valence-corrected chi connectivity index (χ3v) is 15.9. The first-order chi connectivity index (χ1) is 36.2. The lowest BCUT2D eigenvalue weighted by molar-refractivity contribution is -0.120. The van der Waals surface area contributed by atoms with Crippen LogP contribution in [0.5, 0.6) is 11.8 Å². The minimum atomic E-state index is -0.181. The predicted octanol–water partition coefficient (Wildman–Crippen LogP) is 5.35. The number of piperazine rings is 2. The second-order valence-electron chi connectivity index (χ2n) is 20.9. The minimum Gasteiger partial charge on any atom is -0.473 e. The number of pyridine rings is 2. The molecule has 9 heterocycles. The van der Waals surface area contributed by atoms with Crippen LogP contribution in [0.25, 0.3) is 44.6 Å². The Labute approximate surface area is 429 Å². The first-order valence-electron chi connectivity index (χ1n) is 26.4. The smallest absolute Gasteiger partial charge is 0.241 e. The summed E-state index contributed by atoms with van der Waals surface area (Å²) in [5, 5.41) is 29.1. The van der Waals surface area contributed by atoms with Crippen molar-refractivity contribution in [3.8, 4) is 46.4 Å². The lowest BCUT2D eigenvalue weighted by atomic mass is 10.0. The number of nitrogens with one attached hydrogen (secondary N) is 3. The summed E-state index contributed by atoms with van der Waals surface area (Å²) in [7, 11) is 0. The number of ether oxygens (including phenoxy) is 3. The normalized spacial score (nSPS) is 22.1. The highest BCUT2D eigenvalue weighted by Gasteiger charge is 2.34. The second kappa shape index (κ2) is 20.2. The van der Waals surface area contributed by atoms with Crippen LogP contribution in [0.4, 0.5) is 11.4 Å². The van der Waals surface area contributed by atoms with Gasteiger partial charge in [-0.2, -0.15) is 10.5 Å². The molecule has 19 heteroatoms. The van der Waals surface area contributed by atoms with Crippen molar-refractivity contribution in [2.45, 2.75) is 82.7 Å². The Morgan fingerprint density at radius 3 is 1.51 bits per heavy atom. The van der Waals surface area contributed by atoms with Gasteiger partial charge in [0.2, 0.25) is 23.6 Å². The Morgan fingerprint density at radius 2 is 1.11 bits per heavy atom. The van der Waals surface area contributed by atoms with Gasteiger partial charge in [0.15, 0.2) is 0 Å². The summed E-state index contributed by atoms with van der Waals surface area (Å²) >= 11 is 0. The van der Waals surface area contributed by atoms with E-state index in [1.165, 1.54) is 0 Å². The number of hydrogen-bond donors (Lipinski definition) is 3. The van der Waals surface area contributed by atoms with E-state index in [0.717, 1.165) is 147 Å². The van der Waals surface area contributed by atoms with E-state index in [1.54, 1.807) is 0 Å². The molecular formula is C55H62N14O5. The zero-order chi connectivity index (χ0) is 50.5. The Hall–Kier alpha value is -7.32. The highest BCUT2D eigenvalue weighted by molar-refractivity contribution is 5.87. The van der Waals surface area contributed by atoms with Gasteiger partial charge in [0.05, 0.1) is 76.8 Å². The Bertz CT molecular complexity index is 3190. The Kier molecular flexibility index (Phi) is 13.0. The van der Waals surface area contributed by atoms with Crippen molar-refractivity contribution in [2.24, 2.45) is 11.8 Å². The monoisotopic (exact) mass is 999 g/mol. The van der Waals surface area contributed by atoms with Gasteiger partial charge in [-0.25, -0.2) is 19.9 Å². The number of nitriles is 2. The van der Waals surface area contributed by atoms with E-state index in [4.69, 9.17) is 29.2 Å².